The van der Waals surface area contributed by atoms with Crippen molar-refractivity contribution in [3.63, 3.8) is 0 Å². The fraction of sp³-hybridized carbons (Fsp3) is 0.385. The quantitative estimate of drug-likeness (QED) is 0.480. The highest BCUT2D eigenvalue weighted by molar-refractivity contribution is 5.96. The number of ether oxygens (including phenoxy) is 1. The van der Waals surface area contributed by atoms with E-state index in [4.69, 9.17) is 4.74 Å². The van der Waals surface area contributed by atoms with Gasteiger partial charge in [0, 0.05) is 18.4 Å². The smallest absolute Gasteiger partial charge is 0.308 e. The Balaban J connectivity index is 2.94. The van der Waals surface area contributed by atoms with E-state index in [1.165, 1.54) is 25.1 Å². The molecule has 0 aromatic heterocycles. The molecule has 0 spiro atoms. The molecule has 0 bridgehead atoms. The summed E-state index contributed by atoms with van der Waals surface area (Å²) < 4.78 is 4.88. The molecule has 0 unspecified atom stereocenters. The number of phenols is 1. The highest BCUT2D eigenvalue weighted by Crippen LogP contribution is 2.29. The van der Waals surface area contributed by atoms with E-state index in [0.717, 1.165) is 0 Å². The van der Waals surface area contributed by atoms with Gasteiger partial charge in [0.05, 0.1) is 5.69 Å². The van der Waals surface area contributed by atoms with E-state index in [0.29, 0.717) is 0 Å². The second kappa shape index (κ2) is 5.08. The predicted molar refractivity (Wildman–Crippen MR) is 67.5 cm³/mol. The number of amides is 1. The average molecular weight is 251 g/mol. The van der Waals surface area contributed by atoms with Crippen molar-refractivity contribution >= 4 is 17.6 Å². The molecule has 5 nitrogen and oxygen atoms in total. The summed E-state index contributed by atoms with van der Waals surface area (Å²) in [5, 5.41) is 12.2. The predicted octanol–water partition coefficient (Wildman–Crippen LogP) is 2.30. The summed E-state index contributed by atoms with van der Waals surface area (Å²) in [7, 11) is 0. The number of aromatic hydroxyl groups is 1. The van der Waals surface area contributed by atoms with Crippen LogP contribution in [0.25, 0.3) is 0 Å². The summed E-state index contributed by atoms with van der Waals surface area (Å²) in [5.41, 5.74) is -0.363. The van der Waals surface area contributed by atoms with Gasteiger partial charge in [-0.1, -0.05) is 20.8 Å². The highest BCUT2D eigenvalue weighted by atomic mass is 16.5. The molecule has 1 amide bonds. The Kier molecular flexibility index (Phi) is 3.96. The molecule has 1 aromatic carbocycles. The van der Waals surface area contributed by atoms with Crippen molar-refractivity contribution in [3.05, 3.63) is 18.2 Å². The summed E-state index contributed by atoms with van der Waals surface area (Å²) in [5.74, 6) is -0.514. The van der Waals surface area contributed by atoms with Crippen LogP contribution in [0.2, 0.25) is 0 Å². The number of esters is 1. The zero-order chi connectivity index (χ0) is 13.9. The van der Waals surface area contributed by atoms with Crippen LogP contribution in [0, 0.1) is 5.41 Å². The van der Waals surface area contributed by atoms with Crippen LogP contribution in [0.4, 0.5) is 5.69 Å². The minimum absolute atomic E-state index is 0.0801. The van der Waals surface area contributed by atoms with Gasteiger partial charge < -0.3 is 15.2 Å². The first-order valence-electron chi connectivity index (χ1n) is 5.53. The molecule has 0 saturated carbocycles. The average Bonchev–Trinajstić information content (AvgIpc) is 2.20. The minimum Gasteiger partial charge on any atom is -0.506 e. The molecule has 5 heteroatoms. The summed E-state index contributed by atoms with van der Waals surface area (Å²) >= 11 is 0. The molecule has 0 atom stereocenters. The van der Waals surface area contributed by atoms with E-state index in [-0.39, 0.29) is 23.1 Å². The molecule has 0 aliphatic heterocycles. The van der Waals surface area contributed by atoms with Gasteiger partial charge in [-0.05, 0) is 12.1 Å². The molecule has 2 N–H and O–H groups in total. The zero-order valence-electron chi connectivity index (χ0n) is 10.9. The van der Waals surface area contributed by atoms with Crippen molar-refractivity contribution in [3.8, 4) is 11.5 Å². The van der Waals surface area contributed by atoms with Gasteiger partial charge in [-0.15, -0.1) is 0 Å². The van der Waals surface area contributed by atoms with E-state index in [9.17, 15) is 14.7 Å². The van der Waals surface area contributed by atoms with Gasteiger partial charge in [0.25, 0.3) is 0 Å². The van der Waals surface area contributed by atoms with Crippen LogP contribution in [0.15, 0.2) is 18.2 Å². The second-order valence-corrected chi connectivity index (χ2v) is 4.98. The first-order chi connectivity index (χ1) is 8.20. The van der Waals surface area contributed by atoms with Crippen LogP contribution in [-0.2, 0) is 9.59 Å². The molecule has 0 saturated heterocycles. The van der Waals surface area contributed by atoms with Gasteiger partial charge >= 0.3 is 5.97 Å². The Labute approximate surface area is 106 Å². The lowest BCUT2D eigenvalue weighted by Crippen LogP contribution is -2.27. The fourth-order valence-electron chi connectivity index (χ4n) is 1.15. The molecule has 98 valence electrons. The van der Waals surface area contributed by atoms with Gasteiger partial charge in [-0.2, -0.15) is 0 Å². The maximum absolute atomic E-state index is 11.8. The van der Waals surface area contributed by atoms with E-state index in [2.05, 4.69) is 5.32 Å². The largest absolute Gasteiger partial charge is 0.506 e. The Morgan fingerprint density at radius 3 is 2.39 bits per heavy atom. The lowest BCUT2D eigenvalue weighted by Gasteiger charge is -2.18. The van der Waals surface area contributed by atoms with Crippen molar-refractivity contribution in [2.45, 2.75) is 27.7 Å². The third-order valence-electron chi connectivity index (χ3n) is 2.16. The Bertz CT molecular complexity index is 474. The zero-order valence-corrected chi connectivity index (χ0v) is 10.9. The first-order valence-corrected chi connectivity index (χ1v) is 5.53. The molecular formula is C13H17NO4. The molecule has 0 aliphatic rings. The van der Waals surface area contributed by atoms with Crippen molar-refractivity contribution < 1.29 is 19.4 Å². The summed E-state index contributed by atoms with van der Waals surface area (Å²) in [6.45, 7) is 6.56. The fourth-order valence-corrected chi connectivity index (χ4v) is 1.15. The number of hydrogen-bond acceptors (Lipinski definition) is 4. The summed E-state index contributed by atoms with van der Waals surface area (Å²) in [6, 6.07) is 4.21. The molecule has 0 heterocycles. The standard InChI is InChI=1S/C13H17NO4/c1-8(15)18-9-5-6-11(16)10(7-9)14-12(17)13(2,3)4/h5-7,16H,1-4H3,(H,14,17). The normalized spacial score (nSPS) is 10.9. The van der Waals surface area contributed by atoms with Crippen molar-refractivity contribution in [2.75, 3.05) is 5.32 Å². The lowest BCUT2D eigenvalue weighted by molar-refractivity contribution is -0.131. The third kappa shape index (κ3) is 3.76. The maximum atomic E-state index is 11.8. The van der Waals surface area contributed by atoms with Crippen molar-refractivity contribution in [2.24, 2.45) is 5.41 Å². The molecule has 0 aliphatic carbocycles. The number of hydrogen-bond donors (Lipinski definition) is 2. The van der Waals surface area contributed by atoms with E-state index >= 15 is 0 Å². The molecule has 0 fully saturated rings. The van der Waals surface area contributed by atoms with Crippen LogP contribution in [0.1, 0.15) is 27.7 Å². The van der Waals surface area contributed by atoms with E-state index < -0.39 is 11.4 Å². The number of rotatable bonds is 2. The maximum Gasteiger partial charge on any atom is 0.308 e. The topological polar surface area (TPSA) is 75.6 Å². The Hall–Kier alpha value is -2.04. The van der Waals surface area contributed by atoms with E-state index in [1.54, 1.807) is 20.8 Å². The van der Waals surface area contributed by atoms with Crippen LogP contribution >= 0.6 is 0 Å². The lowest BCUT2D eigenvalue weighted by atomic mass is 9.95. The van der Waals surface area contributed by atoms with Crippen LogP contribution in [0.5, 0.6) is 11.5 Å². The number of phenolic OH excluding ortho intramolecular Hbond substituents is 1. The molecule has 0 radical (unpaired) electrons. The van der Waals surface area contributed by atoms with Gasteiger partial charge in [0.15, 0.2) is 0 Å². The molecule has 1 rings (SSSR count). The molecular weight excluding hydrogens is 234 g/mol. The number of anilines is 1. The van der Waals surface area contributed by atoms with Gasteiger partial charge in [0.1, 0.15) is 11.5 Å². The van der Waals surface area contributed by atoms with Crippen LogP contribution in [-0.4, -0.2) is 17.0 Å². The van der Waals surface area contributed by atoms with Gasteiger partial charge in [-0.3, -0.25) is 9.59 Å². The number of carbonyl (C=O) groups is 2. The SMILES string of the molecule is CC(=O)Oc1ccc(O)c(NC(=O)C(C)(C)C)c1. The third-order valence-corrected chi connectivity index (χ3v) is 2.16. The minimum atomic E-state index is -0.579. The number of nitrogens with one attached hydrogen (secondary N) is 1. The Morgan fingerprint density at radius 2 is 1.89 bits per heavy atom. The summed E-state index contributed by atoms with van der Waals surface area (Å²) in [6.07, 6.45) is 0. The van der Waals surface area contributed by atoms with Crippen molar-refractivity contribution in [1.29, 1.82) is 0 Å². The Morgan fingerprint density at radius 1 is 1.28 bits per heavy atom. The van der Waals surface area contributed by atoms with Crippen LogP contribution < -0.4 is 10.1 Å². The number of benzene rings is 1. The number of carbonyl (C=O) groups excluding carboxylic acids is 2. The monoisotopic (exact) mass is 251 g/mol. The van der Waals surface area contributed by atoms with Gasteiger partial charge in [0.2, 0.25) is 5.91 Å². The second-order valence-electron chi connectivity index (χ2n) is 4.98. The van der Waals surface area contributed by atoms with Crippen molar-refractivity contribution in [1.82, 2.24) is 0 Å². The molecule has 18 heavy (non-hydrogen) atoms. The highest BCUT2D eigenvalue weighted by Gasteiger charge is 2.22. The van der Waals surface area contributed by atoms with Crippen LogP contribution in [0.3, 0.4) is 0 Å². The molecule has 1 aromatic rings. The van der Waals surface area contributed by atoms with E-state index in [1.807, 2.05) is 0 Å². The summed E-state index contributed by atoms with van der Waals surface area (Å²) in [4.78, 5) is 22.6. The van der Waals surface area contributed by atoms with Gasteiger partial charge in [-0.25, -0.2) is 0 Å². The first kappa shape index (κ1) is 14.0.